The molecule has 0 aromatic rings. The van der Waals surface area contributed by atoms with Gasteiger partial charge in [0.05, 0.1) is 0 Å². The summed E-state index contributed by atoms with van der Waals surface area (Å²) in [5.74, 6) is 0. The molecule has 0 N–H and O–H groups in total. The Morgan fingerprint density at radius 1 is 1.67 bits per heavy atom. The van der Waals surface area contributed by atoms with Crippen molar-refractivity contribution in [1.29, 1.82) is 1.88 Å². The average Bonchev–Trinajstić information content (AvgIpc) is 1.21. The van der Waals surface area contributed by atoms with E-state index >= 15 is 0 Å². The zero-order valence-electron chi connectivity index (χ0n) is 6.49. The Kier molecular flexibility index (Phi) is 1.15. The molecule has 0 rings (SSSR count). The second kappa shape index (κ2) is 1.97. The van der Waals surface area contributed by atoms with E-state index in [0.717, 1.165) is 0 Å². The quantitative estimate of drug-likeness (QED) is 0.436. The van der Waals surface area contributed by atoms with Crippen molar-refractivity contribution in [1.82, 2.24) is 0 Å². The predicted molar refractivity (Wildman–Crippen MR) is 29.4 cm³/mol. The minimum absolute atomic E-state index is 0.291. The molecule has 6 heavy (non-hydrogen) atoms. The molecule has 0 saturated heterocycles. The summed E-state index contributed by atoms with van der Waals surface area (Å²) in [4.78, 5) is 0. The largest absolute Gasteiger partial charge is 0.502 e. The highest BCUT2D eigenvalue weighted by Crippen LogP contribution is 2.01. The summed E-state index contributed by atoms with van der Waals surface area (Å²) in [6, 6.07) is 0. The van der Waals surface area contributed by atoms with E-state index < -0.39 is 16.4 Å². The monoisotopic (exact) mass is 104 g/mol. The van der Waals surface area contributed by atoms with Crippen molar-refractivity contribution in [3.8, 4) is 0 Å². The highest BCUT2D eigenvalue weighted by atomic mass is 27.1. The molecule has 1 nitrogen and oxygen atoms in total. The van der Waals surface area contributed by atoms with Crippen molar-refractivity contribution in [2.75, 3.05) is 0 Å². The van der Waals surface area contributed by atoms with Gasteiger partial charge in [0.2, 0.25) is 0 Å². The number of hydrogen-bond acceptors (Lipinski definition) is 1. The van der Waals surface area contributed by atoms with Gasteiger partial charge in [-0.15, -0.1) is 0 Å². The van der Waals surface area contributed by atoms with E-state index in [0.29, 0.717) is 0 Å². The van der Waals surface area contributed by atoms with Gasteiger partial charge in [-0.1, -0.05) is 0 Å². The van der Waals surface area contributed by atoms with Crippen LogP contribution in [0.4, 0.5) is 0 Å². The maximum Gasteiger partial charge on any atom is 0.410 e. The van der Waals surface area contributed by atoms with Crippen molar-refractivity contribution in [2.45, 2.75) is 26.4 Å². The molecule has 0 fully saturated rings. The fourth-order valence-corrected chi connectivity index (χ4v) is 0. The summed E-state index contributed by atoms with van der Waals surface area (Å²) in [5, 5.41) is 0. The van der Waals surface area contributed by atoms with Gasteiger partial charge in [-0.25, -0.2) is 0 Å². The van der Waals surface area contributed by atoms with Crippen molar-refractivity contribution in [3.05, 3.63) is 0 Å². The lowest BCUT2D eigenvalue weighted by Crippen LogP contribution is -2.16. The van der Waals surface area contributed by atoms with Gasteiger partial charge in [-0.3, -0.25) is 0 Å². The Morgan fingerprint density at radius 2 is 2.17 bits per heavy atom. The molecule has 0 aliphatic rings. The van der Waals surface area contributed by atoms with E-state index in [1.165, 1.54) is 0 Å². The topological polar surface area (TPSA) is 9.23 Å². The highest BCUT2D eigenvalue weighted by Gasteiger charge is 2.02. The third kappa shape index (κ3) is 4.49. The van der Waals surface area contributed by atoms with Crippen LogP contribution in [0, 0.1) is 0 Å². The van der Waals surface area contributed by atoms with E-state index in [2.05, 4.69) is 0 Å². The molecule has 0 aliphatic heterocycles. The predicted octanol–water partition coefficient (Wildman–Crippen LogP) is 0.350. The van der Waals surface area contributed by atoms with Gasteiger partial charge in [0, 0.05) is 5.60 Å². The second-order valence-electron chi connectivity index (χ2n) is 2.23. The molecule has 0 atom stereocenters. The molecule has 0 saturated carbocycles. The SMILES string of the molecule is [2H][Al]([2H])[O]C(C)(C)C. The van der Waals surface area contributed by atoms with Crippen LogP contribution in [-0.2, 0) is 3.79 Å². The second-order valence-corrected chi connectivity index (χ2v) is 2.47. The van der Waals surface area contributed by atoms with Crippen molar-refractivity contribution >= 4 is 16.4 Å². The summed E-state index contributed by atoms with van der Waals surface area (Å²) < 4.78 is 18.5. The van der Waals surface area contributed by atoms with E-state index in [1.807, 2.05) is 20.8 Å². The highest BCUT2D eigenvalue weighted by molar-refractivity contribution is 5.98. The zero-order valence-corrected chi connectivity index (χ0v) is 5.64. The van der Waals surface area contributed by atoms with Crippen molar-refractivity contribution in [3.63, 3.8) is 0 Å². The molecule has 0 spiro atoms. The van der Waals surface area contributed by atoms with Gasteiger partial charge in [-0.2, -0.15) is 0 Å². The Balaban J connectivity index is 3.39. The summed E-state index contributed by atoms with van der Waals surface area (Å²) in [6.45, 7) is 5.57. The first-order valence-electron chi connectivity index (χ1n) is 3.09. The average molecular weight is 104 g/mol. The molecule has 0 aliphatic carbocycles. The van der Waals surface area contributed by atoms with Crippen LogP contribution in [0.3, 0.4) is 0 Å². The summed E-state index contributed by atoms with van der Waals surface area (Å²) in [5.41, 5.74) is -0.291. The normalized spacial score (nSPS) is 15.8. The fraction of sp³-hybridized carbons (Fsp3) is 1.00. The molecule has 0 heterocycles. The van der Waals surface area contributed by atoms with Gasteiger partial charge in [0.25, 0.3) is 0 Å². The summed E-state index contributed by atoms with van der Waals surface area (Å²) in [7, 11) is 0. The van der Waals surface area contributed by atoms with E-state index in [4.69, 9.17) is 5.67 Å². The first kappa shape index (κ1) is 3.49. The molecular weight excluding hydrogens is 91.0 g/mol. The first-order chi connectivity index (χ1) is 3.42. The third-order valence-electron chi connectivity index (χ3n) is 0.354. The first-order valence-corrected chi connectivity index (χ1v) is 2.41. The maximum atomic E-state index is 6.82. The summed E-state index contributed by atoms with van der Waals surface area (Å²) >= 11 is -2.30. The van der Waals surface area contributed by atoms with Crippen LogP contribution in [0.5, 0.6) is 0 Å². The Labute approximate surface area is 49.2 Å². The lowest BCUT2D eigenvalue weighted by Gasteiger charge is -2.16. The van der Waals surface area contributed by atoms with Gasteiger partial charge in [0.15, 0.2) is 0 Å². The van der Waals surface area contributed by atoms with Crippen LogP contribution < -0.4 is 0 Å². The third-order valence-corrected chi connectivity index (χ3v) is 1.06. The Hall–Kier alpha value is 0.492. The van der Waals surface area contributed by atoms with Crippen LogP contribution >= 0.6 is 0 Å². The molecule has 2 heteroatoms. The Morgan fingerprint density at radius 3 is 2.17 bits per heavy atom. The smallest absolute Gasteiger partial charge is 0.410 e. The molecule has 0 unspecified atom stereocenters. The van der Waals surface area contributed by atoms with Gasteiger partial charge in [-0.05, 0) is 22.6 Å². The number of hydrogen-bond donors (Lipinski definition) is 0. The van der Waals surface area contributed by atoms with E-state index in [1.54, 1.807) is 0 Å². The number of rotatable bonds is 1. The molecular formula is C4H11AlO. The molecule has 0 bridgehead atoms. The lowest BCUT2D eigenvalue weighted by molar-refractivity contribution is 0.147. The van der Waals surface area contributed by atoms with Crippen LogP contribution in [0.2, 0.25) is 0 Å². The van der Waals surface area contributed by atoms with Gasteiger partial charge >= 0.3 is 16.4 Å². The molecule has 36 valence electrons. The molecule has 0 aromatic heterocycles. The van der Waals surface area contributed by atoms with Crippen LogP contribution in [0.15, 0.2) is 0 Å². The maximum absolute atomic E-state index is 6.82. The van der Waals surface area contributed by atoms with Crippen molar-refractivity contribution in [2.24, 2.45) is 0 Å². The van der Waals surface area contributed by atoms with Crippen molar-refractivity contribution < 1.29 is 3.79 Å². The van der Waals surface area contributed by atoms with Gasteiger partial charge in [0.1, 0.15) is 0 Å². The van der Waals surface area contributed by atoms with Crippen LogP contribution in [-0.4, -0.2) is 23.8 Å². The lowest BCUT2D eigenvalue weighted by atomic mass is 10.2. The zero-order chi connectivity index (χ0) is 6.78. The Bertz CT molecular complexity index is 68.9. The van der Waals surface area contributed by atoms with E-state index in [9.17, 15) is 0 Å². The minimum atomic E-state index is -2.30. The standard InChI is InChI=1S/C4H9O.Al.2H/c1-4(2,3)5;;;/h1-3H3;;;/q-1;+1;;/i;;2*1+1. The van der Waals surface area contributed by atoms with Crippen LogP contribution in [0.1, 0.15) is 20.8 Å². The minimum Gasteiger partial charge on any atom is -0.502 e. The van der Waals surface area contributed by atoms with Crippen LogP contribution in [0.25, 0.3) is 0 Å². The molecule has 0 amide bonds. The van der Waals surface area contributed by atoms with Gasteiger partial charge < -0.3 is 3.79 Å². The fourth-order valence-electron chi connectivity index (χ4n) is 0. The van der Waals surface area contributed by atoms with E-state index in [-0.39, 0.29) is 5.60 Å². The molecule has 0 radical (unpaired) electrons. The molecule has 0 aromatic carbocycles. The summed E-state index contributed by atoms with van der Waals surface area (Å²) in [6.07, 6.45) is 0.